The number of amides is 1. The van der Waals surface area contributed by atoms with E-state index in [0.717, 1.165) is 4.47 Å². The average molecular weight is 320 g/mol. The quantitative estimate of drug-likeness (QED) is 0.589. The van der Waals surface area contributed by atoms with Crippen LogP contribution in [-0.2, 0) is 4.79 Å². The van der Waals surface area contributed by atoms with E-state index >= 15 is 0 Å². The summed E-state index contributed by atoms with van der Waals surface area (Å²) in [4.78, 5) is 25.2. The van der Waals surface area contributed by atoms with Gasteiger partial charge in [0, 0.05) is 9.89 Å². The molecule has 0 spiro atoms. The minimum absolute atomic E-state index is 0.118. The zero-order valence-electron chi connectivity index (χ0n) is 11.1. The standard InChI is InChI=1S/C15H14BrNO2/c1-15(2,3)7-4-8-17-12-9-10(16)5-6-11(12)13(18)14(17)19/h5-6,9H,8H2,1-3H3. The van der Waals surface area contributed by atoms with E-state index < -0.39 is 11.7 Å². The molecule has 3 nitrogen and oxygen atoms in total. The van der Waals surface area contributed by atoms with Crippen molar-refractivity contribution in [3.05, 3.63) is 28.2 Å². The Balaban J connectivity index is 2.32. The van der Waals surface area contributed by atoms with E-state index in [-0.39, 0.29) is 12.0 Å². The van der Waals surface area contributed by atoms with Crippen molar-refractivity contribution in [2.75, 3.05) is 11.4 Å². The third kappa shape index (κ3) is 2.87. The van der Waals surface area contributed by atoms with Crippen LogP contribution in [0.15, 0.2) is 22.7 Å². The number of rotatable bonds is 1. The van der Waals surface area contributed by atoms with Gasteiger partial charge in [0.2, 0.25) is 0 Å². The lowest BCUT2D eigenvalue weighted by Crippen LogP contribution is -2.30. The minimum atomic E-state index is -0.503. The first kappa shape index (κ1) is 13.8. The molecule has 0 unspecified atom stereocenters. The first-order chi connectivity index (χ1) is 8.79. The number of Topliss-reactive ketones (excluding diaryl/α,β-unsaturated/α-hetero) is 1. The Hall–Kier alpha value is -1.60. The Morgan fingerprint density at radius 3 is 2.58 bits per heavy atom. The van der Waals surface area contributed by atoms with Crippen molar-refractivity contribution in [1.29, 1.82) is 0 Å². The molecule has 0 atom stereocenters. The highest BCUT2D eigenvalue weighted by atomic mass is 79.9. The molecule has 0 N–H and O–H groups in total. The van der Waals surface area contributed by atoms with Crippen LogP contribution in [0.5, 0.6) is 0 Å². The molecule has 98 valence electrons. The molecule has 1 aromatic carbocycles. The SMILES string of the molecule is CC(C)(C)C#CCN1C(=O)C(=O)c2ccc(Br)cc21. The summed E-state index contributed by atoms with van der Waals surface area (Å²) in [5, 5.41) is 0. The van der Waals surface area contributed by atoms with Crippen molar-refractivity contribution < 1.29 is 9.59 Å². The van der Waals surface area contributed by atoms with Crippen LogP contribution in [0.2, 0.25) is 0 Å². The molecular formula is C15H14BrNO2. The van der Waals surface area contributed by atoms with Gasteiger partial charge in [0.25, 0.3) is 11.7 Å². The van der Waals surface area contributed by atoms with E-state index in [2.05, 4.69) is 27.8 Å². The lowest BCUT2D eigenvalue weighted by Gasteiger charge is -2.13. The molecule has 19 heavy (non-hydrogen) atoms. The largest absolute Gasteiger partial charge is 0.300 e. The minimum Gasteiger partial charge on any atom is -0.293 e. The van der Waals surface area contributed by atoms with E-state index in [1.807, 2.05) is 20.8 Å². The molecule has 1 aliphatic heterocycles. The Bertz CT molecular complexity index is 617. The zero-order chi connectivity index (χ0) is 14.2. The molecule has 4 heteroatoms. The highest BCUT2D eigenvalue weighted by Crippen LogP contribution is 2.31. The fourth-order valence-electron chi connectivity index (χ4n) is 1.81. The summed E-state index contributed by atoms with van der Waals surface area (Å²) in [6.45, 7) is 6.25. The van der Waals surface area contributed by atoms with Crippen molar-refractivity contribution in [3.8, 4) is 11.8 Å². The third-order valence-corrected chi connectivity index (χ3v) is 3.13. The van der Waals surface area contributed by atoms with E-state index in [4.69, 9.17) is 0 Å². The van der Waals surface area contributed by atoms with Gasteiger partial charge in [-0.15, -0.1) is 0 Å². The first-order valence-corrected chi connectivity index (χ1v) is 6.75. The third-order valence-electron chi connectivity index (χ3n) is 2.64. The molecule has 1 heterocycles. The molecule has 2 rings (SSSR count). The number of fused-ring (bicyclic) bond motifs is 1. The van der Waals surface area contributed by atoms with E-state index in [1.54, 1.807) is 18.2 Å². The summed E-state index contributed by atoms with van der Waals surface area (Å²) in [6.07, 6.45) is 0. The van der Waals surface area contributed by atoms with Crippen LogP contribution < -0.4 is 4.90 Å². The van der Waals surface area contributed by atoms with Crippen LogP contribution in [0.25, 0.3) is 0 Å². The molecule has 0 saturated heterocycles. The summed E-state index contributed by atoms with van der Waals surface area (Å²) in [7, 11) is 0. The molecule has 0 saturated carbocycles. The monoisotopic (exact) mass is 319 g/mol. The van der Waals surface area contributed by atoms with Gasteiger partial charge in [0.1, 0.15) is 0 Å². The van der Waals surface area contributed by atoms with Crippen LogP contribution >= 0.6 is 15.9 Å². The molecule has 0 radical (unpaired) electrons. The van der Waals surface area contributed by atoms with Gasteiger partial charge in [-0.1, -0.05) is 27.8 Å². The summed E-state index contributed by atoms with van der Waals surface area (Å²) >= 11 is 3.35. The second kappa shape index (κ2) is 4.82. The number of hydrogen-bond acceptors (Lipinski definition) is 2. The Morgan fingerprint density at radius 2 is 1.95 bits per heavy atom. The van der Waals surface area contributed by atoms with Crippen molar-refractivity contribution in [2.45, 2.75) is 20.8 Å². The summed E-state index contributed by atoms with van der Waals surface area (Å²) in [6, 6.07) is 5.20. The number of hydrogen-bond donors (Lipinski definition) is 0. The van der Waals surface area contributed by atoms with Gasteiger partial charge < -0.3 is 0 Å². The molecule has 0 bridgehead atoms. The van der Waals surface area contributed by atoms with Gasteiger partial charge in [-0.3, -0.25) is 14.5 Å². The maximum Gasteiger partial charge on any atom is 0.300 e. The van der Waals surface area contributed by atoms with Gasteiger partial charge in [-0.2, -0.15) is 0 Å². The number of anilines is 1. The maximum absolute atomic E-state index is 11.9. The van der Waals surface area contributed by atoms with Crippen molar-refractivity contribution in [2.24, 2.45) is 5.41 Å². The number of nitrogens with zero attached hydrogens (tertiary/aromatic N) is 1. The topological polar surface area (TPSA) is 37.4 Å². The van der Waals surface area contributed by atoms with Crippen LogP contribution in [-0.4, -0.2) is 18.2 Å². The predicted octanol–water partition coefficient (Wildman–Crippen LogP) is 3.03. The maximum atomic E-state index is 11.9. The van der Waals surface area contributed by atoms with Crippen molar-refractivity contribution in [3.63, 3.8) is 0 Å². The van der Waals surface area contributed by atoms with Crippen LogP contribution in [0.1, 0.15) is 31.1 Å². The molecular weight excluding hydrogens is 306 g/mol. The molecule has 0 aliphatic carbocycles. The van der Waals surface area contributed by atoms with Gasteiger partial charge in [-0.05, 0) is 39.0 Å². The lowest BCUT2D eigenvalue weighted by atomic mass is 9.98. The Kier molecular flexibility index (Phi) is 3.51. The number of carbonyl (C=O) groups excluding carboxylic acids is 2. The summed E-state index contributed by atoms with van der Waals surface area (Å²) in [5.74, 6) is 5.07. The average Bonchev–Trinajstić information content (AvgIpc) is 2.52. The van der Waals surface area contributed by atoms with Gasteiger partial charge >= 0.3 is 0 Å². The van der Waals surface area contributed by atoms with Crippen LogP contribution in [0.4, 0.5) is 5.69 Å². The molecule has 1 aliphatic rings. The lowest BCUT2D eigenvalue weighted by molar-refractivity contribution is -0.114. The van der Waals surface area contributed by atoms with Gasteiger partial charge in [0.05, 0.1) is 17.8 Å². The highest BCUT2D eigenvalue weighted by Gasteiger charge is 2.35. The summed E-state index contributed by atoms with van der Waals surface area (Å²) in [5.41, 5.74) is 0.964. The Morgan fingerprint density at radius 1 is 1.26 bits per heavy atom. The number of benzene rings is 1. The van der Waals surface area contributed by atoms with Crippen LogP contribution in [0, 0.1) is 17.3 Å². The zero-order valence-corrected chi connectivity index (χ0v) is 12.7. The second-order valence-electron chi connectivity index (χ2n) is 5.43. The smallest absolute Gasteiger partial charge is 0.293 e. The molecule has 0 fully saturated rings. The normalized spacial score (nSPS) is 14.2. The first-order valence-electron chi connectivity index (χ1n) is 5.95. The fourth-order valence-corrected chi connectivity index (χ4v) is 2.16. The fraction of sp³-hybridized carbons (Fsp3) is 0.333. The molecule has 1 aromatic rings. The number of ketones is 1. The van der Waals surface area contributed by atoms with E-state index in [9.17, 15) is 9.59 Å². The summed E-state index contributed by atoms with van der Waals surface area (Å²) < 4.78 is 0.836. The van der Waals surface area contributed by atoms with E-state index in [0.29, 0.717) is 11.3 Å². The molecule has 0 aromatic heterocycles. The van der Waals surface area contributed by atoms with Crippen molar-refractivity contribution in [1.82, 2.24) is 0 Å². The second-order valence-corrected chi connectivity index (χ2v) is 6.35. The molecule has 1 amide bonds. The van der Waals surface area contributed by atoms with Gasteiger partial charge in [0.15, 0.2) is 0 Å². The van der Waals surface area contributed by atoms with Crippen molar-refractivity contribution >= 4 is 33.3 Å². The Labute approximate surface area is 121 Å². The highest BCUT2D eigenvalue weighted by molar-refractivity contribution is 9.10. The number of halogens is 1. The predicted molar refractivity (Wildman–Crippen MR) is 78.1 cm³/mol. The number of carbonyl (C=O) groups is 2. The van der Waals surface area contributed by atoms with Crippen LogP contribution in [0.3, 0.4) is 0 Å². The van der Waals surface area contributed by atoms with Gasteiger partial charge in [-0.25, -0.2) is 0 Å². The van der Waals surface area contributed by atoms with E-state index in [1.165, 1.54) is 4.90 Å².